The number of hydrogen-bond donors (Lipinski definition) is 0. The Kier molecular flexibility index (Phi) is 5.06. The van der Waals surface area contributed by atoms with Crippen molar-refractivity contribution in [1.82, 2.24) is 15.0 Å². The van der Waals surface area contributed by atoms with E-state index in [0.717, 1.165) is 25.0 Å². The van der Waals surface area contributed by atoms with Gasteiger partial charge in [-0.2, -0.15) is 13.2 Å². The molecule has 9 heteroatoms. The van der Waals surface area contributed by atoms with Gasteiger partial charge in [-0.25, -0.2) is 0 Å². The molecule has 29 heavy (non-hydrogen) atoms. The van der Waals surface area contributed by atoms with Gasteiger partial charge < -0.3 is 14.3 Å². The first-order valence-electron chi connectivity index (χ1n) is 9.53. The Hall–Kier alpha value is -2.84. The largest absolute Gasteiger partial charge is 0.416 e. The van der Waals surface area contributed by atoms with Crippen molar-refractivity contribution < 1.29 is 27.3 Å². The Morgan fingerprint density at radius 2 is 1.86 bits per heavy atom. The van der Waals surface area contributed by atoms with Crippen LogP contribution in [-0.2, 0) is 28.7 Å². The van der Waals surface area contributed by atoms with E-state index in [-0.39, 0.29) is 24.9 Å². The summed E-state index contributed by atoms with van der Waals surface area (Å²) in [5, 5.41) is 4.02. The number of hydrogen-bond acceptors (Lipinski definition) is 4. The average Bonchev–Trinajstić information content (AvgIpc) is 3.12. The molecule has 1 fully saturated rings. The fourth-order valence-corrected chi connectivity index (χ4v) is 3.76. The summed E-state index contributed by atoms with van der Waals surface area (Å²) in [6, 6.07) is 4.72. The summed E-state index contributed by atoms with van der Waals surface area (Å²) in [5.41, 5.74) is 0.916. The van der Waals surface area contributed by atoms with Gasteiger partial charge in [-0.1, -0.05) is 17.3 Å². The van der Waals surface area contributed by atoms with Crippen LogP contribution in [0.3, 0.4) is 0 Å². The number of carbonyl (C=O) groups is 2. The molecule has 2 aliphatic heterocycles. The number of rotatable bonds is 3. The van der Waals surface area contributed by atoms with Crippen LogP contribution in [0, 0.1) is 0 Å². The second-order valence-corrected chi connectivity index (χ2v) is 7.35. The van der Waals surface area contributed by atoms with Crippen molar-refractivity contribution in [2.75, 3.05) is 19.6 Å². The van der Waals surface area contributed by atoms with E-state index in [1.807, 2.05) is 0 Å². The zero-order chi connectivity index (χ0) is 20.6. The third-order valence-electron chi connectivity index (χ3n) is 5.41. The standard InChI is InChI=1S/C20H20F3N3O3/c21-20(22,23)14-6-4-13(5-7-14)19-15-11-26(10-8-16(15)29-24-19)18(28)12-25-9-2-1-3-17(25)27/h4-7H,1-3,8-12H2. The molecule has 6 nitrogen and oxygen atoms in total. The molecule has 0 bridgehead atoms. The molecule has 2 aliphatic rings. The van der Waals surface area contributed by atoms with Crippen molar-refractivity contribution in [3.8, 4) is 11.3 Å². The number of amides is 2. The third kappa shape index (κ3) is 3.99. The first kappa shape index (κ1) is 19.5. The van der Waals surface area contributed by atoms with E-state index in [2.05, 4.69) is 5.16 Å². The summed E-state index contributed by atoms with van der Waals surface area (Å²) in [4.78, 5) is 27.9. The van der Waals surface area contributed by atoms with Crippen LogP contribution >= 0.6 is 0 Å². The van der Waals surface area contributed by atoms with Gasteiger partial charge in [-0.15, -0.1) is 0 Å². The van der Waals surface area contributed by atoms with E-state index >= 15 is 0 Å². The molecule has 0 saturated carbocycles. The molecule has 2 aromatic rings. The summed E-state index contributed by atoms with van der Waals surface area (Å²) in [6.07, 6.45) is -1.71. The SMILES string of the molecule is O=C1CCCCN1CC(=O)N1CCc2onc(-c3ccc(C(F)(F)F)cc3)c2C1. The highest BCUT2D eigenvalue weighted by Crippen LogP contribution is 2.33. The number of benzene rings is 1. The van der Waals surface area contributed by atoms with Crippen molar-refractivity contribution in [1.29, 1.82) is 0 Å². The molecule has 1 aromatic heterocycles. The van der Waals surface area contributed by atoms with Gasteiger partial charge in [0.15, 0.2) is 0 Å². The topological polar surface area (TPSA) is 66.7 Å². The van der Waals surface area contributed by atoms with Gasteiger partial charge >= 0.3 is 6.18 Å². The maximum Gasteiger partial charge on any atom is 0.416 e. The van der Waals surface area contributed by atoms with Crippen molar-refractivity contribution in [2.45, 2.75) is 38.4 Å². The minimum atomic E-state index is -4.41. The van der Waals surface area contributed by atoms with Crippen LogP contribution < -0.4 is 0 Å². The zero-order valence-corrected chi connectivity index (χ0v) is 15.7. The van der Waals surface area contributed by atoms with Crippen LogP contribution in [0.2, 0.25) is 0 Å². The summed E-state index contributed by atoms with van der Waals surface area (Å²) in [5.74, 6) is 0.487. The molecule has 0 N–H and O–H groups in total. The number of alkyl halides is 3. The molecular formula is C20H20F3N3O3. The van der Waals surface area contributed by atoms with Crippen molar-refractivity contribution in [3.05, 3.63) is 41.2 Å². The molecular weight excluding hydrogens is 387 g/mol. The first-order chi connectivity index (χ1) is 13.8. The number of fused-ring (bicyclic) bond motifs is 1. The molecule has 0 aliphatic carbocycles. The van der Waals surface area contributed by atoms with Gasteiger partial charge in [0.1, 0.15) is 11.5 Å². The Labute approximate surface area is 165 Å². The molecule has 0 spiro atoms. The van der Waals surface area contributed by atoms with Crippen LogP contribution in [-0.4, -0.2) is 46.4 Å². The second kappa shape index (κ2) is 7.53. The zero-order valence-electron chi connectivity index (χ0n) is 15.7. The Morgan fingerprint density at radius 3 is 2.55 bits per heavy atom. The lowest BCUT2D eigenvalue weighted by Crippen LogP contribution is -2.46. The second-order valence-electron chi connectivity index (χ2n) is 7.35. The number of halogens is 3. The van der Waals surface area contributed by atoms with Gasteiger partial charge in [0.25, 0.3) is 0 Å². The number of nitrogens with zero attached hydrogens (tertiary/aromatic N) is 3. The summed E-state index contributed by atoms with van der Waals surface area (Å²) in [6.45, 7) is 1.36. The third-order valence-corrected chi connectivity index (χ3v) is 5.41. The maximum absolute atomic E-state index is 12.8. The lowest BCUT2D eigenvalue weighted by Gasteiger charge is -2.31. The molecule has 154 valence electrons. The normalized spacial score (nSPS) is 17.4. The highest BCUT2D eigenvalue weighted by Gasteiger charge is 2.32. The Bertz CT molecular complexity index is 921. The van der Waals surface area contributed by atoms with Crippen LogP contribution in [0.25, 0.3) is 11.3 Å². The van der Waals surface area contributed by atoms with E-state index in [9.17, 15) is 22.8 Å². The number of piperidine rings is 1. The van der Waals surface area contributed by atoms with E-state index < -0.39 is 11.7 Å². The number of carbonyl (C=O) groups excluding carboxylic acids is 2. The maximum atomic E-state index is 12.8. The van der Waals surface area contributed by atoms with Gasteiger partial charge in [-0.05, 0) is 25.0 Å². The Balaban J connectivity index is 1.50. The van der Waals surface area contributed by atoms with Crippen molar-refractivity contribution in [2.24, 2.45) is 0 Å². The predicted octanol–water partition coefficient (Wildman–Crippen LogP) is 3.26. The summed E-state index contributed by atoms with van der Waals surface area (Å²) >= 11 is 0. The highest BCUT2D eigenvalue weighted by atomic mass is 19.4. The lowest BCUT2D eigenvalue weighted by atomic mass is 10.0. The Morgan fingerprint density at radius 1 is 1.10 bits per heavy atom. The fourth-order valence-electron chi connectivity index (χ4n) is 3.76. The molecule has 2 amide bonds. The van der Waals surface area contributed by atoms with Crippen LogP contribution in [0.5, 0.6) is 0 Å². The van der Waals surface area contributed by atoms with Crippen molar-refractivity contribution >= 4 is 11.8 Å². The lowest BCUT2D eigenvalue weighted by molar-refractivity contribution is -0.142. The smallest absolute Gasteiger partial charge is 0.360 e. The molecule has 1 saturated heterocycles. The molecule has 0 unspecified atom stereocenters. The molecule has 0 radical (unpaired) electrons. The quantitative estimate of drug-likeness (QED) is 0.784. The molecule has 3 heterocycles. The highest BCUT2D eigenvalue weighted by molar-refractivity contribution is 5.85. The summed E-state index contributed by atoms with van der Waals surface area (Å²) in [7, 11) is 0. The van der Waals surface area contributed by atoms with E-state index in [4.69, 9.17) is 4.52 Å². The predicted molar refractivity (Wildman–Crippen MR) is 96.5 cm³/mol. The van der Waals surface area contributed by atoms with Gasteiger partial charge in [0, 0.05) is 37.1 Å². The number of likely N-dealkylation sites (tertiary alicyclic amines) is 1. The average molecular weight is 407 g/mol. The van der Waals surface area contributed by atoms with Gasteiger partial charge in [0.05, 0.1) is 18.7 Å². The molecule has 4 rings (SSSR count). The van der Waals surface area contributed by atoms with Crippen LogP contribution in [0.4, 0.5) is 13.2 Å². The first-order valence-corrected chi connectivity index (χ1v) is 9.53. The molecule has 0 atom stereocenters. The molecule has 1 aromatic carbocycles. The monoisotopic (exact) mass is 407 g/mol. The number of aromatic nitrogens is 1. The van der Waals surface area contributed by atoms with E-state index in [0.29, 0.717) is 48.5 Å². The minimum absolute atomic E-state index is 0.00211. The van der Waals surface area contributed by atoms with E-state index in [1.165, 1.54) is 12.1 Å². The summed E-state index contributed by atoms with van der Waals surface area (Å²) < 4.78 is 43.7. The van der Waals surface area contributed by atoms with E-state index in [1.54, 1.807) is 9.80 Å². The van der Waals surface area contributed by atoms with Crippen LogP contribution in [0.15, 0.2) is 28.8 Å². The minimum Gasteiger partial charge on any atom is -0.360 e. The van der Waals surface area contributed by atoms with Gasteiger partial charge in [0.2, 0.25) is 11.8 Å². The van der Waals surface area contributed by atoms with Crippen molar-refractivity contribution in [3.63, 3.8) is 0 Å². The van der Waals surface area contributed by atoms with Gasteiger partial charge in [-0.3, -0.25) is 9.59 Å². The fraction of sp³-hybridized carbons (Fsp3) is 0.450. The van der Waals surface area contributed by atoms with Crippen LogP contribution in [0.1, 0.15) is 36.1 Å².